The number of aliphatic hydroxyl groups excluding tert-OH is 1. The predicted octanol–water partition coefficient (Wildman–Crippen LogP) is 4.91. The van der Waals surface area contributed by atoms with E-state index in [4.69, 9.17) is 4.74 Å². The van der Waals surface area contributed by atoms with Gasteiger partial charge in [-0.25, -0.2) is 4.39 Å². The molecule has 3 aromatic rings. The number of hydrogen-bond acceptors (Lipinski definition) is 6. The Morgan fingerprint density at radius 1 is 1.00 bits per heavy atom. The number of aliphatic hydroxyl groups is 1. The summed E-state index contributed by atoms with van der Waals surface area (Å²) in [5.41, 5.74) is 1.54. The molecule has 4 atom stereocenters. The summed E-state index contributed by atoms with van der Waals surface area (Å²) in [6, 6.07) is 19.5. The number of ether oxygens (including phenoxy) is 1. The third-order valence-electron chi connectivity index (χ3n) is 5.55. The lowest BCUT2D eigenvalue weighted by molar-refractivity contribution is 0.0628. The van der Waals surface area contributed by atoms with Crippen molar-refractivity contribution in [2.75, 3.05) is 4.90 Å². The molecule has 0 bridgehead atoms. The van der Waals surface area contributed by atoms with E-state index in [1.165, 1.54) is 24.3 Å². The fourth-order valence-corrected chi connectivity index (χ4v) is 4.47. The summed E-state index contributed by atoms with van der Waals surface area (Å²) in [5, 5.41) is 30.8. The highest BCUT2D eigenvalue weighted by atomic mass is 32.1. The first kappa shape index (κ1) is 21.5. The van der Waals surface area contributed by atoms with Gasteiger partial charge in [0.05, 0.1) is 18.2 Å². The molecular formula is C24H24FNO4S. The van der Waals surface area contributed by atoms with E-state index in [2.05, 4.69) is 12.6 Å². The molecule has 0 radical (unpaired) electrons. The van der Waals surface area contributed by atoms with Gasteiger partial charge < -0.3 is 25.0 Å². The number of benzene rings is 3. The zero-order valence-corrected chi connectivity index (χ0v) is 17.6. The number of rotatable bonds is 6. The van der Waals surface area contributed by atoms with Gasteiger partial charge in [0.1, 0.15) is 17.3 Å². The number of hydrogen-bond donors (Lipinski definition) is 4. The molecule has 4 unspecified atom stereocenters. The molecule has 7 heteroatoms. The number of thiol groups is 1. The molecule has 3 aromatic carbocycles. The maximum Gasteiger partial charge on any atom is 0.176 e. The zero-order valence-electron chi connectivity index (χ0n) is 16.7. The van der Waals surface area contributed by atoms with Crippen molar-refractivity contribution < 1.29 is 24.4 Å². The summed E-state index contributed by atoms with van der Waals surface area (Å²) in [6.07, 6.45) is -0.297. The Labute approximate surface area is 185 Å². The number of nitrogens with zero attached hydrogens (tertiary/aromatic N) is 1. The summed E-state index contributed by atoms with van der Waals surface area (Å²) in [4.78, 5) is 1.96. The van der Waals surface area contributed by atoms with Crippen LogP contribution in [0.2, 0.25) is 0 Å². The second-order valence-electron chi connectivity index (χ2n) is 7.58. The minimum atomic E-state index is -0.776. The highest BCUT2D eigenvalue weighted by molar-refractivity contribution is 7.80. The van der Waals surface area contributed by atoms with Crippen molar-refractivity contribution in [2.45, 2.75) is 36.7 Å². The summed E-state index contributed by atoms with van der Waals surface area (Å²) in [7, 11) is 0. The molecule has 1 aliphatic rings. The van der Waals surface area contributed by atoms with Crippen LogP contribution in [0.25, 0.3) is 0 Å². The predicted molar refractivity (Wildman–Crippen MR) is 120 cm³/mol. The van der Waals surface area contributed by atoms with Crippen LogP contribution < -0.4 is 4.90 Å². The normalized spacial score (nSPS) is 21.9. The molecule has 4 rings (SSSR count). The van der Waals surface area contributed by atoms with Crippen molar-refractivity contribution in [1.29, 1.82) is 0 Å². The Kier molecular flexibility index (Phi) is 6.36. The standard InChI is InChI=1S/C24H24FNO4S/c25-16-8-6-15(7-9-16)20(28)12-13-22-23(19-11-10-18(27)14-21(19)29)26(24(31)30-22)17-4-2-1-3-5-17/h1-11,14,20,22-24,27-29,31H,12-13H2. The van der Waals surface area contributed by atoms with E-state index < -0.39 is 11.7 Å². The first-order valence-electron chi connectivity index (χ1n) is 10.1. The van der Waals surface area contributed by atoms with Crippen molar-refractivity contribution >= 4 is 18.3 Å². The third kappa shape index (κ3) is 4.63. The molecule has 3 N–H and O–H groups in total. The monoisotopic (exact) mass is 441 g/mol. The van der Waals surface area contributed by atoms with Gasteiger partial charge in [-0.3, -0.25) is 0 Å². The minimum absolute atomic E-state index is 0.0304. The van der Waals surface area contributed by atoms with Crippen LogP contribution in [0.4, 0.5) is 10.1 Å². The average molecular weight is 442 g/mol. The molecule has 0 aliphatic carbocycles. The van der Waals surface area contributed by atoms with Crippen molar-refractivity contribution in [2.24, 2.45) is 0 Å². The Bertz CT molecular complexity index is 1020. The Balaban J connectivity index is 1.61. The minimum Gasteiger partial charge on any atom is -0.508 e. The summed E-state index contributed by atoms with van der Waals surface area (Å²) in [6.45, 7) is 0. The lowest BCUT2D eigenvalue weighted by Gasteiger charge is -2.30. The molecule has 162 valence electrons. The van der Waals surface area contributed by atoms with Crippen LogP contribution in [0.15, 0.2) is 72.8 Å². The number of phenols is 2. The van der Waals surface area contributed by atoms with E-state index in [9.17, 15) is 19.7 Å². The van der Waals surface area contributed by atoms with E-state index in [-0.39, 0.29) is 29.5 Å². The molecule has 0 saturated carbocycles. The number of halogens is 1. The molecule has 5 nitrogen and oxygen atoms in total. The smallest absolute Gasteiger partial charge is 0.176 e. The topological polar surface area (TPSA) is 73.2 Å². The summed E-state index contributed by atoms with van der Waals surface area (Å²) in [5.74, 6) is -0.424. The first-order chi connectivity index (χ1) is 14.9. The van der Waals surface area contributed by atoms with Gasteiger partial charge in [-0.2, -0.15) is 0 Å². The van der Waals surface area contributed by atoms with Crippen LogP contribution in [0, 0.1) is 5.82 Å². The van der Waals surface area contributed by atoms with Gasteiger partial charge in [0.15, 0.2) is 5.56 Å². The van der Waals surface area contributed by atoms with E-state index >= 15 is 0 Å². The molecule has 0 spiro atoms. The second-order valence-corrected chi connectivity index (χ2v) is 8.02. The second kappa shape index (κ2) is 9.18. The van der Waals surface area contributed by atoms with Crippen LogP contribution >= 0.6 is 12.6 Å². The first-order valence-corrected chi connectivity index (χ1v) is 10.6. The van der Waals surface area contributed by atoms with Crippen LogP contribution in [0.1, 0.15) is 36.1 Å². The number of anilines is 1. The third-order valence-corrected chi connectivity index (χ3v) is 5.92. The molecule has 1 fully saturated rings. The average Bonchev–Trinajstić information content (AvgIpc) is 3.09. The van der Waals surface area contributed by atoms with Gasteiger partial charge in [0.2, 0.25) is 0 Å². The van der Waals surface area contributed by atoms with Crippen LogP contribution in [0.3, 0.4) is 0 Å². The SMILES string of the molecule is Oc1ccc(C2C(CCC(O)c3ccc(F)cc3)OC(S)N2c2ccccc2)c(O)c1. The van der Waals surface area contributed by atoms with Gasteiger partial charge in [0.25, 0.3) is 0 Å². The molecule has 1 heterocycles. The quantitative estimate of drug-likeness (QED) is 0.409. The van der Waals surface area contributed by atoms with Crippen molar-refractivity contribution in [3.8, 4) is 11.5 Å². The van der Waals surface area contributed by atoms with Gasteiger partial charge in [0, 0.05) is 17.3 Å². The van der Waals surface area contributed by atoms with Gasteiger partial charge in [-0.15, -0.1) is 12.6 Å². The fourth-order valence-electron chi connectivity index (χ4n) is 4.03. The Hall–Kier alpha value is -2.74. The van der Waals surface area contributed by atoms with Gasteiger partial charge >= 0.3 is 0 Å². The highest BCUT2D eigenvalue weighted by Gasteiger charge is 2.42. The molecule has 0 amide bonds. The Morgan fingerprint density at radius 3 is 2.39 bits per heavy atom. The van der Waals surface area contributed by atoms with Crippen molar-refractivity contribution in [3.63, 3.8) is 0 Å². The number of phenolic OH excluding ortho intramolecular Hbond substituents is 2. The van der Waals surface area contributed by atoms with Crippen molar-refractivity contribution in [1.82, 2.24) is 0 Å². The fraction of sp³-hybridized carbons (Fsp3) is 0.250. The number of aromatic hydroxyl groups is 2. The molecular weight excluding hydrogens is 417 g/mol. The molecule has 0 aromatic heterocycles. The summed E-state index contributed by atoms with van der Waals surface area (Å²) < 4.78 is 19.3. The largest absolute Gasteiger partial charge is 0.508 e. The summed E-state index contributed by atoms with van der Waals surface area (Å²) >= 11 is 4.62. The van der Waals surface area contributed by atoms with E-state index in [0.717, 1.165) is 5.69 Å². The van der Waals surface area contributed by atoms with Gasteiger partial charge in [-0.1, -0.05) is 30.3 Å². The maximum absolute atomic E-state index is 13.2. The zero-order chi connectivity index (χ0) is 22.0. The number of para-hydroxylation sites is 1. The van der Waals surface area contributed by atoms with Crippen LogP contribution in [-0.2, 0) is 4.74 Å². The van der Waals surface area contributed by atoms with Gasteiger partial charge in [-0.05, 0) is 54.8 Å². The van der Waals surface area contributed by atoms with E-state index in [1.54, 1.807) is 18.2 Å². The molecule has 31 heavy (non-hydrogen) atoms. The van der Waals surface area contributed by atoms with E-state index in [1.807, 2.05) is 35.2 Å². The Morgan fingerprint density at radius 2 is 1.71 bits per heavy atom. The van der Waals surface area contributed by atoms with Crippen molar-refractivity contribution in [3.05, 3.63) is 89.7 Å². The lowest BCUT2D eigenvalue weighted by atomic mass is 9.94. The maximum atomic E-state index is 13.2. The van der Waals surface area contributed by atoms with Crippen LogP contribution in [-0.4, -0.2) is 27.0 Å². The molecule has 1 saturated heterocycles. The van der Waals surface area contributed by atoms with E-state index in [0.29, 0.717) is 24.0 Å². The lowest BCUT2D eigenvalue weighted by Crippen LogP contribution is -2.30. The highest BCUT2D eigenvalue weighted by Crippen LogP contribution is 2.45. The molecule has 1 aliphatic heterocycles. The van der Waals surface area contributed by atoms with Crippen LogP contribution in [0.5, 0.6) is 11.5 Å².